The molecule has 2 heteroatoms. The minimum atomic E-state index is -0.0778. The van der Waals surface area contributed by atoms with Crippen molar-refractivity contribution in [1.29, 1.82) is 0 Å². The molecule has 2 rings (SSSR count). The summed E-state index contributed by atoms with van der Waals surface area (Å²) >= 11 is 0. The molecular weight excluding hydrogens is 320 g/mol. The van der Waals surface area contributed by atoms with Crippen molar-refractivity contribution in [3.8, 4) is 0 Å². The average Bonchev–Trinajstić information content (AvgIpc) is 2.50. The third-order valence-corrected chi connectivity index (χ3v) is 8.62. The molecule has 0 aromatic carbocycles. The van der Waals surface area contributed by atoms with Gasteiger partial charge in [-0.3, -0.25) is 0 Å². The fraction of sp³-hybridized carbons (Fsp3) is 0.833. The Hall–Kier alpha value is -0.600. The Morgan fingerprint density at radius 3 is 1.15 bits per heavy atom. The van der Waals surface area contributed by atoms with Gasteiger partial charge in [0.1, 0.15) is 0 Å². The SMILES string of the molecule is C=CCC1(C)C(C)(C)OC1(C)CCCCC1(C)OC(C)(C)C1(C)CC=C. The van der Waals surface area contributed by atoms with E-state index in [1.54, 1.807) is 0 Å². The molecule has 0 radical (unpaired) electrons. The number of allylic oxidation sites excluding steroid dienone is 2. The molecule has 0 aliphatic carbocycles. The maximum atomic E-state index is 6.38. The second-order valence-electron chi connectivity index (χ2n) is 10.5. The van der Waals surface area contributed by atoms with E-state index < -0.39 is 0 Å². The largest absolute Gasteiger partial charge is 0.368 e. The number of ether oxygens (including phenoxy) is 2. The van der Waals surface area contributed by atoms with Gasteiger partial charge in [-0.25, -0.2) is 0 Å². The van der Waals surface area contributed by atoms with Crippen molar-refractivity contribution in [3.05, 3.63) is 25.3 Å². The summed E-state index contributed by atoms with van der Waals surface area (Å²) in [6, 6.07) is 0. The Bertz CT molecular complexity index is 513. The maximum absolute atomic E-state index is 6.38. The molecule has 2 nitrogen and oxygen atoms in total. The zero-order valence-corrected chi connectivity index (χ0v) is 18.6. The van der Waals surface area contributed by atoms with Gasteiger partial charge in [0.15, 0.2) is 0 Å². The fourth-order valence-electron chi connectivity index (χ4n) is 5.84. The van der Waals surface area contributed by atoms with Gasteiger partial charge < -0.3 is 9.47 Å². The van der Waals surface area contributed by atoms with E-state index in [2.05, 4.69) is 80.7 Å². The first kappa shape index (κ1) is 21.7. The zero-order chi connectivity index (χ0) is 20.1. The molecule has 2 fully saturated rings. The van der Waals surface area contributed by atoms with E-state index in [0.29, 0.717) is 0 Å². The lowest BCUT2D eigenvalue weighted by atomic mass is 9.54. The van der Waals surface area contributed by atoms with Gasteiger partial charge in [0.05, 0.1) is 22.4 Å². The Labute approximate surface area is 162 Å². The zero-order valence-electron chi connectivity index (χ0n) is 18.6. The van der Waals surface area contributed by atoms with E-state index in [9.17, 15) is 0 Å². The van der Waals surface area contributed by atoms with Crippen molar-refractivity contribution in [2.24, 2.45) is 10.8 Å². The molecule has 150 valence electrons. The lowest BCUT2D eigenvalue weighted by Crippen LogP contribution is -2.72. The van der Waals surface area contributed by atoms with Crippen LogP contribution in [0.3, 0.4) is 0 Å². The first-order valence-electron chi connectivity index (χ1n) is 10.4. The van der Waals surface area contributed by atoms with E-state index in [4.69, 9.17) is 9.47 Å². The predicted octanol–water partition coefficient (Wildman–Crippen LogP) is 6.85. The third-order valence-electron chi connectivity index (χ3n) is 8.62. The van der Waals surface area contributed by atoms with Crippen LogP contribution in [0.5, 0.6) is 0 Å². The average molecular weight is 363 g/mol. The summed E-state index contributed by atoms with van der Waals surface area (Å²) in [6.45, 7) is 26.1. The topological polar surface area (TPSA) is 18.5 Å². The molecule has 0 aromatic rings. The van der Waals surface area contributed by atoms with E-state index in [-0.39, 0.29) is 33.2 Å². The Kier molecular flexibility index (Phi) is 5.41. The summed E-state index contributed by atoms with van der Waals surface area (Å²) in [5, 5.41) is 0. The number of unbranched alkanes of at least 4 members (excludes halogenated alkanes) is 1. The molecule has 2 saturated heterocycles. The molecule has 2 aliphatic rings. The standard InChI is InChI=1S/C24H42O2/c1-11-15-21(7)19(3,4)25-23(21,9)17-13-14-18-24(10)22(8,16-12-2)20(5,6)26-24/h11-12H,1-2,13-18H2,3-10H3. The molecule has 0 bridgehead atoms. The number of hydrogen-bond donors (Lipinski definition) is 0. The molecule has 0 saturated carbocycles. The van der Waals surface area contributed by atoms with Crippen LogP contribution in [0.15, 0.2) is 25.3 Å². The first-order chi connectivity index (χ1) is 11.7. The number of rotatable bonds is 9. The minimum Gasteiger partial charge on any atom is -0.368 e. The van der Waals surface area contributed by atoms with E-state index in [1.165, 1.54) is 12.8 Å². The smallest absolute Gasteiger partial charge is 0.0745 e. The van der Waals surface area contributed by atoms with Crippen LogP contribution in [0, 0.1) is 10.8 Å². The van der Waals surface area contributed by atoms with Gasteiger partial charge in [-0.05, 0) is 67.2 Å². The van der Waals surface area contributed by atoms with Crippen molar-refractivity contribution >= 4 is 0 Å². The molecule has 2 heterocycles. The van der Waals surface area contributed by atoms with Gasteiger partial charge >= 0.3 is 0 Å². The lowest BCUT2D eigenvalue weighted by molar-refractivity contribution is -0.360. The van der Waals surface area contributed by atoms with Crippen LogP contribution in [0.1, 0.15) is 93.9 Å². The fourth-order valence-corrected chi connectivity index (χ4v) is 5.84. The highest BCUT2D eigenvalue weighted by Gasteiger charge is 2.66. The van der Waals surface area contributed by atoms with Crippen molar-refractivity contribution in [3.63, 3.8) is 0 Å². The molecule has 4 unspecified atom stereocenters. The van der Waals surface area contributed by atoms with Crippen molar-refractivity contribution in [2.75, 3.05) is 0 Å². The molecule has 2 aliphatic heterocycles. The second-order valence-corrected chi connectivity index (χ2v) is 10.5. The summed E-state index contributed by atoms with van der Waals surface area (Å²) in [7, 11) is 0. The highest BCUT2D eigenvalue weighted by atomic mass is 16.6. The van der Waals surface area contributed by atoms with Gasteiger partial charge in [-0.1, -0.05) is 38.8 Å². The lowest BCUT2D eigenvalue weighted by Gasteiger charge is -2.67. The maximum Gasteiger partial charge on any atom is 0.0745 e. The van der Waals surface area contributed by atoms with E-state index in [1.807, 2.05) is 0 Å². The molecule has 4 atom stereocenters. The van der Waals surface area contributed by atoms with Gasteiger partial charge in [0, 0.05) is 10.8 Å². The van der Waals surface area contributed by atoms with Crippen LogP contribution in [-0.2, 0) is 9.47 Å². The van der Waals surface area contributed by atoms with Gasteiger partial charge in [-0.15, -0.1) is 13.2 Å². The minimum absolute atomic E-state index is 0.0598. The molecular formula is C24H42O2. The van der Waals surface area contributed by atoms with Crippen LogP contribution < -0.4 is 0 Å². The van der Waals surface area contributed by atoms with Crippen LogP contribution in [0.25, 0.3) is 0 Å². The summed E-state index contributed by atoms with van der Waals surface area (Å²) in [5.74, 6) is 0. The Morgan fingerprint density at radius 2 is 0.923 bits per heavy atom. The summed E-state index contributed by atoms with van der Waals surface area (Å²) in [4.78, 5) is 0. The van der Waals surface area contributed by atoms with Crippen molar-refractivity contribution < 1.29 is 9.47 Å². The van der Waals surface area contributed by atoms with Crippen LogP contribution >= 0.6 is 0 Å². The summed E-state index contributed by atoms with van der Waals surface area (Å²) in [6.07, 6.45) is 10.6. The second kappa shape index (κ2) is 6.48. The normalized spacial score (nSPS) is 43.2. The molecule has 26 heavy (non-hydrogen) atoms. The summed E-state index contributed by atoms with van der Waals surface area (Å²) in [5.41, 5.74) is 0.0264. The van der Waals surface area contributed by atoms with Crippen LogP contribution in [0.2, 0.25) is 0 Å². The van der Waals surface area contributed by atoms with Crippen molar-refractivity contribution in [1.82, 2.24) is 0 Å². The quantitative estimate of drug-likeness (QED) is 0.330. The first-order valence-corrected chi connectivity index (χ1v) is 10.4. The molecule has 0 N–H and O–H groups in total. The highest BCUT2D eigenvalue weighted by Crippen LogP contribution is 2.62. The van der Waals surface area contributed by atoms with E-state index >= 15 is 0 Å². The van der Waals surface area contributed by atoms with Crippen LogP contribution in [-0.4, -0.2) is 22.4 Å². The van der Waals surface area contributed by atoms with Crippen LogP contribution in [0.4, 0.5) is 0 Å². The monoisotopic (exact) mass is 362 g/mol. The molecule has 0 aromatic heterocycles. The summed E-state index contributed by atoms with van der Waals surface area (Å²) < 4.78 is 12.8. The Morgan fingerprint density at radius 1 is 0.615 bits per heavy atom. The van der Waals surface area contributed by atoms with E-state index in [0.717, 1.165) is 25.7 Å². The van der Waals surface area contributed by atoms with Gasteiger partial charge in [0.2, 0.25) is 0 Å². The van der Waals surface area contributed by atoms with Crippen molar-refractivity contribution in [2.45, 2.75) is 116 Å². The van der Waals surface area contributed by atoms with Gasteiger partial charge in [-0.2, -0.15) is 0 Å². The van der Waals surface area contributed by atoms with Gasteiger partial charge in [0.25, 0.3) is 0 Å². The Balaban J connectivity index is 1.93. The molecule has 0 spiro atoms. The highest BCUT2D eigenvalue weighted by molar-refractivity contribution is 5.16. The third kappa shape index (κ3) is 2.83. The number of hydrogen-bond acceptors (Lipinski definition) is 2. The predicted molar refractivity (Wildman–Crippen MR) is 111 cm³/mol. The molecule has 0 amide bonds.